The Morgan fingerprint density at radius 3 is 2.62 bits per heavy atom. The van der Waals surface area contributed by atoms with Gasteiger partial charge in [-0.25, -0.2) is 4.98 Å². The van der Waals surface area contributed by atoms with Gasteiger partial charge in [0.05, 0.1) is 23.9 Å². The smallest absolute Gasteiger partial charge is 0.161 e. The lowest BCUT2D eigenvalue weighted by Gasteiger charge is -2.11. The van der Waals surface area contributed by atoms with Crippen molar-refractivity contribution in [2.24, 2.45) is 0 Å². The molecule has 0 aliphatic rings. The van der Waals surface area contributed by atoms with E-state index in [2.05, 4.69) is 65.1 Å². The zero-order valence-electron chi connectivity index (χ0n) is 14.4. The van der Waals surface area contributed by atoms with E-state index in [9.17, 15) is 0 Å². The van der Waals surface area contributed by atoms with Gasteiger partial charge >= 0.3 is 0 Å². The molecule has 0 N–H and O–H groups in total. The van der Waals surface area contributed by atoms with E-state index in [-0.39, 0.29) is 0 Å². The third-order valence-electron chi connectivity index (χ3n) is 4.77. The number of aryl methyl sites for hydroxylation is 1. The van der Waals surface area contributed by atoms with Gasteiger partial charge in [-0.05, 0) is 30.7 Å². The van der Waals surface area contributed by atoms with E-state index in [1.54, 1.807) is 0 Å². The van der Waals surface area contributed by atoms with Gasteiger partial charge in [0.15, 0.2) is 5.65 Å². The van der Waals surface area contributed by atoms with Gasteiger partial charge in [-0.2, -0.15) is 0 Å². The van der Waals surface area contributed by atoms with Crippen LogP contribution in [-0.4, -0.2) is 28.7 Å². The lowest BCUT2D eigenvalue weighted by molar-refractivity contribution is 0.700. The molecular formula is C20H18N6. The van der Waals surface area contributed by atoms with Crippen LogP contribution in [0.25, 0.3) is 16.7 Å². The maximum absolute atomic E-state index is 4.26. The van der Waals surface area contributed by atoms with Crippen molar-refractivity contribution in [3.8, 4) is 0 Å². The summed E-state index contributed by atoms with van der Waals surface area (Å²) in [5, 5.41) is 8.49. The van der Waals surface area contributed by atoms with Crippen molar-refractivity contribution >= 4 is 16.7 Å². The number of benzene rings is 1. The molecule has 6 heteroatoms. The second-order valence-corrected chi connectivity index (χ2v) is 6.49. The molecule has 5 aromatic rings. The zero-order valence-corrected chi connectivity index (χ0v) is 14.4. The Kier molecular flexibility index (Phi) is 3.35. The molecule has 0 unspecified atom stereocenters. The molecule has 26 heavy (non-hydrogen) atoms. The molecule has 1 aromatic carbocycles. The van der Waals surface area contributed by atoms with Crippen LogP contribution < -0.4 is 0 Å². The summed E-state index contributed by atoms with van der Waals surface area (Å²) in [5.74, 6) is 0.900. The molecule has 0 aliphatic carbocycles. The van der Waals surface area contributed by atoms with Crippen LogP contribution in [0.4, 0.5) is 0 Å². The Bertz CT molecular complexity index is 1180. The summed E-state index contributed by atoms with van der Waals surface area (Å²) in [7, 11) is 0. The second kappa shape index (κ2) is 5.84. The number of hydrogen-bond donors (Lipinski definition) is 0. The molecule has 0 saturated carbocycles. The molecule has 5 rings (SSSR count). The number of fused-ring (bicyclic) bond motifs is 3. The van der Waals surface area contributed by atoms with Crippen LogP contribution in [0.1, 0.15) is 17.1 Å². The summed E-state index contributed by atoms with van der Waals surface area (Å²) < 4.78 is 6.57. The summed E-state index contributed by atoms with van der Waals surface area (Å²) >= 11 is 0. The molecule has 128 valence electrons. The van der Waals surface area contributed by atoms with Crippen molar-refractivity contribution in [3.05, 3.63) is 84.3 Å². The lowest BCUT2D eigenvalue weighted by Crippen LogP contribution is -2.07. The van der Waals surface area contributed by atoms with Gasteiger partial charge in [0.2, 0.25) is 0 Å². The minimum Gasteiger partial charge on any atom is -0.337 e. The third-order valence-corrected chi connectivity index (χ3v) is 4.77. The molecule has 4 heterocycles. The highest BCUT2D eigenvalue weighted by atomic mass is 15.2. The largest absolute Gasteiger partial charge is 0.337 e. The molecule has 4 aromatic heterocycles. The molecule has 0 amide bonds. The Morgan fingerprint density at radius 1 is 0.923 bits per heavy atom. The van der Waals surface area contributed by atoms with Crippen LogP contribution in [0.15, 0.2) is 67.3 Å². The molecule has 0 saturated heterocycles. The van der Waals surface area contributed by atoms with Crippen molar-refractivity contribution in [3.63, 3.8) is 0 Å². The molecule has 0 spiro atoms. The maximum atomic E-state index is 4.26. The summed E-state index contributed by atoms with van der Waals surface area (Å²) in [6.45, 7) is 3.58. The summed E-state index contributed by atoms with van der Waals surface area (Å²) in [6.07, 6.45) is 5.65. The molecule has 0 aliphatic heterocycles. The van der Waals surface area contributed by atoms with E-state index in [1.165, 1.54) is 16.8 Å². The quantitative estimate of drug-likeness (QED) is 0.504. The first-order valence-electron chi connectivity index (χ1n) is 8.62. The van der Waals surface area contributed by atoms with Crippen LogP contribution in [0.2, 0.25) is 0 Å². The monoisotopic (exact) mass is 342 g/mol. The van der Waals surface area contributed by atoms with Crippen molar-refractivity contribution < 1.29 is 0 Å². The van der Waals surface area contributed by atoms with Gasteiger partial charge in [-0.3, -0.25) is 4.40 Å². The second-order valence-electron chi connectivity index (χ2n) is 6.49. The number of imidazole rings is 1. The predicted molar refractivity (Wildman–Crippen MR) is 100 cm³/mol. The van der Waals surface area contributed by atoms with Crippen LogP contribution in [-0.2, 0) is 13.1 Å². The van der Waals surface area contributed by atoms with E-state index in [0.29, 0.717) is 0 Å². The number of aromatic nitrogens is 6. The average molecular weight is 342 g/mol. The Morgan fingerprint density at radius 2 is 1.81 bits per heavy atom. The summed E-state index contributed by atoms with van der Waals surface area (Å²) in [6, 6.07) is 16.9. The fraction of sp³-hybridized carbons (Fsp3) is 0.150. The predicted octanol–water partition coefficient (Wildman–Crippen LogP) is 3.29. The first-order valence-corrected chi connectivity index (χ1v) is 8.62. The molecule has 0 bridgehead atoms. The molecule has 6 nitrogen and oxygen atoms in total. The van der Waals surface area contributed by atoms with Gasteiger partial charge in [0.1, 0.15) is 5.82 Å². The van der Waals surface area contributed by atoms with Crippen molar-refractivity contribution in [1.29, 1.82) is 0 Å². The normalized spacial score (nSPS) is 11.6. The van der Waals surface area contributed by atoms with E-state index in [0.717, 1.165) is 30.1 Å². The SMILES string of the molecule is Cc1nnc2ccc3c(cc(Cn4ccnc4)n3Cc3ccccc3)n12. The Balaban J connectivity index is 1.73. The topological polar surface area (TPSA) is 52.9 Å². The first-order chi connectivity index (χ1) is 12.8. The lowest BCUT2D eigenvalue weighted by atomic mass is 10.2. The molecular weight excluding hydrogens is 324 g/mol. The van der Waals surface area contributed by atoms with Crippen LogP contribution in [0.5, 0.6) is 0 Å². The van der Waals surface area contributed by atoms with Crippen molar-refractivity contribution in [1.82, 2.24) is 28.7 Å². The summed E-state index contributed by atoms with van der Waals surface area (Å²) in [5.41, 5.74) is 5.69. The average Bonchev–Trinajstić information content (AvgIpc) is 3.37. The standard InChI is InChI=1S/C20H18N6/c1-15-22-23-20-8-7-18-19(26(15)20)11-17(13-24-10-9-21-14-24)25(18)12-16-5-3-2-4-6-16/h2-11,14H,12-13H2,1H3. The van der Waals surface area contributed by atoms with Gasteiger partial charge in [-0.15, -0.1) is 10.2 Å². The van der Waals surface area contributed by atoms with E-state index < -0.39 is 0 Å². The summed E-state index contributed by atoms with van der Waals surface area (Å²) in [4.78, 5) is 4.17. The fourth-order valence-corrected chi connectivity index (χ4v) is 3.55. The van der Waals surface area contributed by atoms with Gasteiger partial charge in [-0.1, -0.05) is 30.3 Å². The molecule has 0 radical (unpaired) electrons. The zero-order chi connectivity index (χ0) is 17.5. The fourth-order valence-electron chi connectivity index (χ4n) is 3.55. The molecule has 0 atom stereocenters. The number of rotatable bonds is 4. The van der Waals surface area contributed by atoms with E-state index in [4.69, 9.17) is 0 Å². The maximum Gasteiger partial charge on any atom is 0.161 e. The number of hydrogen-bond acceptors (Lipinski definition) is 3. The Hall–Kier alpha value is -3.41. The van der Waals surface area contributed by atoms with Crippen molar-refractivity contribution in [2.75, 3.05) is 0 Å². The molecule has 0 fully saturated rings. The first kappa shape index (κ1) is 14.9. The highest BCUT2D eigenvalue weighted by molar-refractivity contribution is 5.81. The number of nitrogens with zero attached hydrogens (tertiary/aromatic N) is 6. The van der Waals surface area contributed by atoms with Gasteiger partial charge < -0.3 is 9.13 Å². The van der Waals surface area contributed by atoms with Gasteiger partial charge in [0, 0.05) is 24.6 Å². The highest BCUT2D eigenvalue weighted by Gasteiger charge is 2.14. The van der Waals surface area contributed by atoms with Crippen LogP contribution >= 0.6 is 0 Å². The van der Waals surface area contributed by atoms with E-state index >= 15 is 0 Å². The van der Waals surface area contributed by atoms with Gasteiger partial charge in [0.25, 0.3) is 0 Å². The van der Waals surface area contributed by atoms with Crippen LogP contribution in [0.3, 0.4) is 0 Å². The van der Waals surface area contributed by atoms with E-state index in [1.807, 2.05) is 37.8 Å². The van der Waals surface area contributed by atoms with Crippen molar-refractivity contribution in [2.45, 2.75) is 20.0 Å². The number of pyridine rings is 1. The highest BCUT2D eigenvalue weighted by Crippen LogP contribution is 2.24. The Labute approximate surface area is 150 Å². The minimum atomic E-state index is 0.768. The minimum absolute atomic E-state index is 0.768. The third kappa shape index (κ3) is 2.38. The van der Waals surface area contributed by atoms with Crippen LogP contribution in [0, 0.1) is 6.92 Å².